The Morgan fingerprint density at radius 1 is 0.252 bits per heavy atom. The van der Waals surface area contributed by atoms with E-state index in [0.29, 0.717) is 0 Å². The molecule has 0 amide bonds. The molecule has 21 rings (SSSR count). The lowest BCUT2D eigenvalue weighted by atomic mass is 9.33. The van der Waals surface area contributed by atoms with Crippen LogP contribution in [0.4, 0.5) is 34.1 Å². The third-order valence-corrected chi connectivity index (χ3v) is 24.8. The van der Waals surface area contributed by atoms with E-state index in [-0.39, 0.29) is 17.5 Å². The van der Waals surface area contributed by atoms with E-state index in [1.807, 2.05) is 11.3 Å². The summed E-state index contributed by atoms with van der Waals surface area (Å²) in [5, 5.41) is 9.82. The maximum Gasteiger partial charge on any atom is 0.252 e. The van der Waals surface area contributed by atoms with Gasteiger partial charge in [-0.1, -0.05) is 327 Å². The van der Waals surface area contributed by atoms with Crippen molar-refractivity contribution in [2.75, 3.05) is 9.80 Å². The van der Waals surface area contributed by atoms with E-state index in [1.165, 1.54) is 102 Å². The highest BCUT2D eigenvalue weighted by atomic mass is 32.1. The molecular weight excluding hydrogens is 1360 g/mol. The van der Waals surface area contributed by atoms with Gasteiger partial charge in [0.05, 0.1) is 28.1 Å². The molecule has 3 nitrogen and oxygen atoms in total. The minimum absolute atomic E-state index is 0.217. The summed E-state index contributed by atoms with van der Waals surface area (Å²) in [6.45, 7) is 13.9. The molecule has 5 heteroatoms. The van der Waals surface area contributed by atoms with Crippen LogP contribution in [0, 0.1) is 0 Å². The van der Waals surface area contributed by atoms with Crippen LogP contribution in [0.1, 0.15) is 52.7 Å². The third-order valence-electron chi connectivity index (χ3n) is 23.6. The molecule has 4 heterocycles. The first kappa shape index (κ1) is 66.2. The molecule has 111 heavy (non-hydrogen) atoms. The molecule has 0 atom stereocenters. The molecule has 526 valence electrons. The molecule has 2 aliphatic heterocycles. The van der Waals surface area contributed by atoms with Gasteiger partial charge in [-0.3, -0.25) is 0 Å². The highest BCUT2D eigenvalue weighted by molar-refractivity contribution is 7.25. The molecule has 0 saturated heterocycles. The fraction of sp³-hybridized carbons (Fsp3) is 0.0755. The molecule has 0 bridgehead atoms. The molecule has 2 aromatic heterocycles. The summed E-state index contributed by atoms with van der Waals surface area (Å²) in [6.07, 6.45) is 0. The Balaban J connectivity index is 0.967. The van der Waals surface area contributed by atoms with Gasteiger partial charge in [-0.25, -0.2) is 0 Å². The van der Waals surface area contributed by atoms with Gasteiger partial charge in [0.15, 0.2) is 0 Å². The monoisotopic (exact) mass is 1440 g/mol. The molecule has 0 N–H and O–H groups in total. The minimum atomic E-state index is -0.288. The van der Waals surface area contributed by atoms with Crippen molar-refractivity contribution < 1.29 is 0 Å². The van der Waals surface area contributed by atoms with E-state index in [4.69, 9.17) is 0 Å². The molecule has 0 saturated carbocycles. The lowest BCUT2D eigenvalue weighted by Crippen LogP contribution is -2.61. The van der Waals surface area contributed by atoms with Crippen molar-refractivity contribution in [3.63, 3.8) is 0 Å². The summed E-state index contributed by atoms with van der Waals surface area (Å²) < 4.78 is 5.14. The first-order valence-electron chi connectivity index (χ1n) is 38.9. The standard InChI is InChI=1S/C106H78BN3S/c1-105(2,3)75-61-85(67-32-12-7-13-33-67)103(86(62-75)68-34-14-8-15-35-68)109-94-59-73(72-54-57-99-89(58-72)80-44-28-31-51-98(80)111-99)52-55-90(94)107-91-56-53-74(101-83-47-24-22-45-81(83)100(71-40-20-11-21-41-71)82-46-23-25-48-84(82)101)60-95(91)110(97-66-77(65-96(109)102(97)107)108-92-49-29-26-42-78(92)79-43-27-30-50-93(79)108)104-87(69-36-16-9-17-37-69)63-76(106(4,5)6)64-88(104)70-38-18-10-19-39-70/h7-66H,1-6H3. The van der Waals surface area contributed by atoms with Gasteiger partial charge >= 0.3 is 0 Å². The number of fused-ring (bicyclic) bond motifs is 12. The van der Waals surface area contributed by atoms with Crippen molar-refractivity contribution >= 4 is 132 Å². The highest BCUT2D eigenvalue weighted by Gasteiger charge is 2.46. The molecule has 0 fully saturated rings. The van der Waals surface area contributed by atoms with Crippen molar-refractivity contribution in [3.05, 3.63) is 375 Å². The van der Waals surface area contributed by atoms with Gasteiger partial charge in [-0.2, -0.15) is 0 Å². The van der Waals surface area contributed by atoms with Crippen molar-refractivity contribution in [1.82, 2.24) is 4.57 Å². The number of hydrogen-bond donors (Lipinski definition) is 0. The molecule has 0 unspecified atom stereocenters. The Labute approximate surface area is 653 Å². The first-order chi connectivity index (χ1) is 54.4. The van der Waals surface area contributed by atoms with E-state index in [2.05, 4.69) is 420 Å². The number of benzene rings is 17. The second kappa shape index (κ2) is 25.8. The maximum absolute atomic E-state index is 2.75. The number of anilines is 6. The summed E-state index contributed by atoms with van der Waals surface area (Å²) in [5.41, 5.74) is 32.1. The van der Waals surface area contributed by atoms with E-state index < -0.39 is 0 Å². The number of hydrogen-bond acceptors (Lipinski definition) is 3. The summed E-state index contributed by atoms with van der Waals surface area (Å²) in [4.78, 5) is 5.49. The lowest BCUT2D eigenvalue weighted by Gasteiger charge is -2.46. The fourth-order valence-corrected chi connectivity index (χ4v) is 19.4. The van der Waals surface area contributed by atoms with Crippen LogP contribution < -0.4 is 26.2 Å². The normalized spacial score (nSPS) is 12.7. The zero-order chi connectivity index (χ0) is 74.4. The second-order valence-corrected chi connectivity index (χ2v) is 33.3. The van der Waals surface area contributed by atoms with Crippen molar-refractivity contribution in [3.8, 4) is 83.6 Å². The molecule has 17 aromatic carbocycles. The minimum Gasteiger partial charge on any atom is -0.310 e. The van der Waals surface area contributed by atoms with Crippen LogP contribution in [0.3, 0.4) is 0 Å². The molecule has 0 radical (unpaired) electrons. The van der Waals surface area contributed by atoms with Gasteiger partial charge in [-0.05, 0) is 194 Å². The lowest BCUT2D eigenvalue weighted by molar-refractivity contribution is 0.590. The average molecular weight is 1440 g/mol. The number of aromatic nitrogens is 1. The predicted octanol–water partition coefficient (Wildman–Crippen LogP) is 27.8. The third kappa shape index (κ3) is 10.8. The summed E-state index contributed by atoms with van der Waals surface area (Å²) >= 11 is 1.87. The Morgan fingerprint density at radius 2 is 0.586 bits per heavy atom. The van der Waals surface area contributed by atoms with Gasteiger partial charge in [0.25, 0.3) is 6.71 Å². The summed E-state index contributed by atoms with van der Waals surface area (Å²) in [6, 6.07) is 139. The Kier molecular flexibility index (Phi) is 15.4. The smallest absolute Gasteiger partial charge is 0.252 e. The molecule has 0 spiro atoms. The van der Waals surface area contributed by atoms with Gasteiger partial charge in [0, 0.05) is 75.9 Å². The van der Waals surface area contributed by atoms with Gasteiger partial charge < -0.3 is 14.4 Å². The zero-order valence-electron chi connectivity index (χ0n) is 63.0. The van der Waals surface area contributed by atoms with E-state index >= 15 is 0 Å². The van der Waals surface area contributed by atoms with Crippen molar-refractivity contribution in [2.24, 2.45) is 0 Å². The fourth-order valence-electron chi connectivity index (χ4n) is 18.4. The van der Waals surface area contributed by atoms with E-state index in [9.17, 15) is 0 Å². The van der Waals surface area contributed by atoms with Crippen LogP contribution in [0.2, 0.25) is 0 Å². The highest BCUT2D eigenvalue weighted by Crippen LogP contribution is 2.57. The van der Waals surface area contributed by atoms with E-state index in [0.717, 1.165) is 106 Å². The van der Waals surface area contributed by atoms with Gasteiger partial charge in [-0.15, -0.1) is 11.3 Å². The second-order valence-electron chi connectivity index (χ2n) is 32.2. The van der Waals surface area contributed by atoms with E-state index in [1.54, 1.807) is 0 Å². The predicted molar refractivity (Wildman–Crippen MR) is 478 cm³/mol. The summed E-state index contributed by atoms with van der Waals surface area (Å²) in [5.74, 6) is 0. The Bertz CT molecular complexity index is 6730. The van der Waals surface area contributed by atoms with Crippen LogP contribution in [-0.4, -0.2) is 11.3 Å². The summed E-state index contributed by atoms with van der Waals surface area (Å²) in [7, 11) is 0. The Morgan fingerprint density at radius 3 is 1.02 bits per heavy atom. The first-order valence-corrected chi connectivity index (χ1v) is 39.7. The number of thiophene rings is 1. The van der Waals surface area contributed by atoms with Crippen molar-refractivity contribution in [2.45, 2.75) is 52.4 Å². The van der Waals surface area contributed by atoms with Crippen LogP contribution in [0.5, 0.6) is 0 Å². The maximum atomic E-state index is 2.75. The van der Waals surface area contributed by atoms with Crippen LogP contribution in [0.15, 0.2) is 364 Å². The van der Waals surface area contributed by atoms with Gasteiger partial charge in [0.1, 0.15) is 0 Å². The average Bonchev–Trinajstić information content (AvgIpc) is 1.24. The molecule has 19 aromatic rings. The number of nitrogens with zero attached hydrogens (tertiary/aromatic N) is 3. The van der Waals surface area contributed by atoms with Gasteiger partial charge in [0.2, 0.25) is 0 Å². The van der Waals surface area contributed by atoms with Crippen LogP contribution in [-0.2, 0) is 10.8 Å². The Hall–Kier alpha value is -13.1. The SMILES string of the molecule is CC(C)(C)c1cc(-c2ccccc2)c(N2c3cc(-c4ccc5sc6ccccc6c5c4)ccc3B3c4ccc(-c5c6ccccc6c(-c6ccccc6)c6ccccc56)cc4N(c4c(-c5ccccc5)cc(C(C)(C)C)cc4-c4ccccc4)c4cc(-n5c6ccccc6c6ccccc65)cc2c43)c(-c2ccccc2)c1. The number of rotatable bonds is 10. The largest absolute Gasteiger partial charge is 0.310 e. The molecule has 2 aliphatic rings. The quantitative estimate of drug-likeness (QED) is 0.0999. The zero-order valence-corrected chi connectivity index (χ0v) is 63.8. The molecular formula is C106H78BN3S. The van der Waals surface area contributed by atoms with Crippen molar-refractivity contribution in [1.29, 1.82) is 0 Å². The van der Waals surface area contributed by atoms with Crippen LogP contribution in [0.25, 0.3) is 147 Å². The topological polar surface area (TPSA) is 11.4 Å². The van der Waals surface area contributed by atoms with Crippen LogP contribution >= 0.6 is 11.3 Å². The molecule has 0 aliphatic carbocycles. The number of para-hydroxylation sites is 2.